The van der Waals surface area contributed by atoms with Crippen LogP contribution in [0.15, 0.2) is 24.4 Å². The van der Waals surface area contributed by atoms with Gasteiger partial charge in [-0.05, 0) is 31.5 Å². The topological polar surface area (TPSA) is 55.7 Å². The number of amides is 1. The van der Waals surface area contributed by atoms with Crippen molar-refractivity contribution in [3.8, 4) is 0 Å². The second-order valence-electron chi connectivity index (χ2n) is 6.70. The van der Waals surface area contributed by atoms with E-state index in [0.717, 1.165) is 23.5 Å². The average molecular weight is 415 g/mol. The fraction of sp³-hybridized carbons (Fsp3) is 0.444. The SMILES string of the molecule is C[C@@H]1C[NH+](CC(=O)Nc2ncc(Cc3ccc(Cl)c(Cl)c3)s2)C[C@@H](C)O1. The molecule has 8 heteroatoms. The van der Waals surface area contributed by atoms with Crippen molar-refractivity contribution in [1.82, 2.24) is 4.98 Å². The minimum Gasteiger partial charge on any atom is -0.364 e. The molecular weight excluding hydrogens is 393 g/mol. The summed E-state index contributed by atoms with van der Waals surface area (Å²) in [6, 6.07) is 5.58. The molecule has 1 fully saturated rings. The van der Waals surface area contributed by atoms with Crippen molar-refractivity contribution in [1.29, 1.82) is 0 Å². The van der Waals surface area contributed by atoms with Crippen LogP contribution >= 0.6 is 34.5 Å². The van der Waals surface area contributed by atoms with Crippen molar-refractivity contribution in [3.63, 3.8) is 0 Å². The first-order valence-electron chi connectivity index (χ1n) is 8.56. The quantitative estimate of drug-likeness (QED) is 0.790. The fourth-order valence-electron chi connectivity index (χ4n) is 3.22. The molecule has 2 N–H and O–H groups in total. The van der Waals surface area contributed by atoms with Gasteiger partial charge in [-0.25, -0.2) is 4.98 Å². The zero-order chi connectivity index (χ0) is 18.7. The van der Waals surface area contributed by atoms with Crippen LogP contribution in [-0.4, -0.2) is 42.7 Å². The van der Waals surface area contributed by atoms with Gasteiger partial charge in [0, 0.05) is 17.5 Å². The number of aromatic nitrogens is 1. The molecule has 0 bridgehead atoms. The van der Waals surface area contributed by atoms with Gasteiger partial charge < -0.3 is 9.64 Å². The Morgan fingerprint density at radius 1 is 1.31 bits per heavy atom. The molecule has 0 unspecified atom stereocenters. The Bertz CT molecular complexity index is 774. The molecule has 0 saturated carbocycles. The van der Waals surface area contributed by atoms with Crippen LogP contribution in [0.4, 0.5) is 5.13 Å². The van der Waals surface area contributed by atoms with E-state index in [-0.39, 0.29) is 18.1 Å². The maximum atomic E-state index is 12.3. The van der Waals surface area contributed by atoms with Gasteiger partial charge in [0.15, 0.2) is 11.7 Å². The van der Waals surface area contributed by atoms with Crippen molar-refractivity contribution < 1.29 is 14.4 Å². The number of hydrogen-bond acceptors (Lipinski definition) is 4. The highest BCUT2D eigenvalue weighted by Gasteiger charge is 2.27. The summed E-state index contributed by atoms with van der Waals surface area (Å²) in [5.74, 6) is -0.0169. The number of thiazole rings is 1. The molecule has 140 valence electrons. The van der Waals surface area contributed by atoms with Crippen LogP contribution in [0.3, 0.4) is 0 Å². The summed E-state index contributed by atoms with van der Waals surface area (Å²) < 4.78 is 5.71. The minimum absolute atomic E-state index is 0.0169. The van der Waals surface area contributed by atoms with Crippen LogP contribution in [0.5, 0.6) is 0 Å². The highest BCUT2D eigenvalue weighted by Crippen LogP contribution is 2.26. The molecule has 26 heavy (non-hydrogen) atoms. The van der Waals surface area contributed by atoms with E-state index in [1.54, 1.807) is 12.3 Å². The second-order valence-corrected chi connectivity index (χ2v) is 8.63. The molecule has 1 aliphatic rings. The lowest BCUT2D eigenvalue weighted by Crippen LogP contribution is -3.16. The van der Waals surface area contributed by atoms with Gasteiger partial charge in [0.2, 0.25) is 0 Å². The van der Waals surface area contributed by atoms with Gasteiger partial charge in [-0.2, -0.15) is 0 Å². The monoisotopic (exact) mass is 414 g/mol. The van der Waals surface area contributed by atoms with E-state index in [1.807, 2.05) is 26.0 Å². The predicted molar refractivity (Wildman–Crippen MR) is 106 cm³/mol. The van der Waals surface area contributed by atoms with E-state index in [9.17, 15) is 4.79 Å². The van der Waals surface area contributed by atoms with Crippen molar-refractivity contribution in [3.05, 3.63) is 44.9 Å². The molecule has 2 atom stereocenters. The van der Waals surface area contributed by atoms with Crippen LogP contribution in [0.2, 0.25) is 10.0 Å². The highest BCUT2D eigenvalue weighted by molar-refractivity contribution is 7.15. The van der Waals surface area contributed by atoms with Gasteiger partial charge in [0.05, 0.1) is 10.0 Å². The number of halogens is 2. The van der Waals surface area contributed by atoms with E-state index < -0.39 is 0 Å². The van der Waals surface area contributed by atoms with E-state index in [1.165, 1.54) is 16.2 Å². The second kappa shape index (κ2) is 8.67. The van der Waals surface area contributed by atoms with Crippen LogP contribution < -0.4 is 10.2 Å². The molecule has 3 rings (SSSR count). The predicted octanol–water partition coefficient (Wildman–Crippen LogP) is 2.67. The molecule has 1 aliphatic heterocycles. The molecule has 0 spiro atoms. The Hall–Kier alpha value is -1.18. The number of rotatable bonds is 5. The minimum atomic E-state index is -0.0169. The van der Waals surface area contributed by atoms with Gasteiger partial charge in [0.25, 0.3) is 5.91 Å². The maximum absolute atomic E-state index is 12.3. The molecule has 0 aliphatic carbocycles. The van der Waals surface area contributed by atoms with Gasteiger partial charge in [-0.15, -0.1) is 11.3 Å². The Kier molecular flexibility index (Phi) is 6.53. The normalized spacial score (nSPS) is 23.0. The van der Waals surface area contributed by atoms with E-state index in [4.69, 9.17) is 27.9 Å². The molecule has 1 aromatic carbocycles. The Balaban J connectivity index is 1.54. The number of nitrogens with one attached hydrogen (secondary N) is 2. The molecule has 1 saturated heterocycles. The molecule has 2 heterocycles. The van der Waals surface area contributed by atoms with Crippen molar-refractivity contribution >= 4 is 45.6 Å². The molecule has 5 nitrogen and oxygen atoms in total. The maximum Gasteiger partial charge on any atom is 0.281 e. The summed E-state index contributed by atoms with van der Waals surface area (Å²) >= 11 is 13.5. The van der Waals surface area contributed by atoms with Crippen LogP contribution in [0.1, 0.15) is 24.3 Å². The van der Waals surface area contributed by atoms with E-state index in [2.05, 4.69) is 10.3 Å². The number of carbonyl (C=O) groups is 1. The number of carbonyl (C=O) groups excluding carboxylic acids is 1. The fourth-order valence-corrected chi connectivity index (χ4v) is 4.41. The average Bonchev–Trinajstić information content (AvgIpc) is 2.96. The lowest BCUT2D eigenvalue weighted by atomic mass is 10.1. The summed E-state index contributed by atoms with van der Waals surface area (Å²) in [7, 11) is 0. The Labute approximate surface area is 167 Å². The smallest absolute Gasteiger partial charge is 0.281 e. The molecule has 1 amide bonds. The first-order chi connectivity index (χ1) is 12.4. The summed E-state index contributed by atoms with van der Waals surface area (Å²) in [6.45, 7) is 6.21. The lowest BCUT2D eigenvalue weighted by molar-refractivity contribution is -0.907. The van der Waals surface area contributed by atoms with Gasteiger partial charge in [-0.3, -0.25) is 10.1 Å². The summed E-state index contributed by atoms with van der Waals surface area (Å²) in [4.78, 5) is 18.9. The number of nitrogens with zero attached hydrogens (tertiary/aromatic N) is 1. The highest BCUT2D eigenvalue weighted by atomic mass is 35.5. The third-order valence-electron chi connectivity index (χ3n) is 4.19. The Morgan fingerprint density at radius 3 is 2.73 bits per heavy atom. The van der Waals surface area contributed by atoms with Gasteiger partial charge >= 0.3 is 0 Å². The summed E-state index contributed by atoms with van der Waals surface area (Å²) in [6.07, 6.45) is 2.85. The van der Waals surface area contributed by atoms with Crippen molar-refractivity contribution in [2.24, 2.45) is 0 Å². The number of anilines is 1. The van der Waals surface area contributed by atoms with E-state index in [0.29, 0.717) is 28.1 Å². The zero-order valence-electron chi connectivity index (χ0n) is 14.7. The third kappa shape index (κ3) is 5.41. The third-order valence-corrected chi connectivity index (χ3v) is 5.84. The largest absolute Gasteiger partial charge is 0.364 e. The van der Waals surface area contributed by atoms with Crippen LogP contribution in [0, 0.1) is 0 Å². The number of morpholine rings is 1. The zero-order valence-corrected chi connectivity index (χ0v) is 17.0. The molecule has 2 aromatic rings. The van der Waals surface area contributed by atoms with Crippen molar-refractivity contribution in [2.45, 2.75) is 32.5 Å². The Morgan fingerprint density at radius 2 is 2.04 bits per heavy atom. The lowest BCUT2D eigenvalue weighted by Gasteiger charge is -2.31. The number of hydrogen-bond donors (Lipinski definition) is 2. The van der Waals surface area contributed by atoms with E-state index >= 15 is 0 Å². The van der Waals surface area contributed by atoms with Crippen LogP contribution in [-0.2, 0) is 16.0 Å². The molecular formula is C18H22Cl2N3O2S+. The number of quaternary nitrogens is 1. The van der Waals surface area contributed by atoms with Crippen LogP contribution in [0.25, 0.3) is 0 Å². The first-order valence-corrected chi connectivity index (χ1v) is 10.1. The summed E-state index contributed by atoms with van der Waals surface area (Å²) in [5, 5.41) is 4.61. The first kappa shape index (κ1) is 19.6. The standard InChI is InChI=1S/C18H21Cl2N3O2S/c1-11-8-23(9-12(2)25-11)10-17(24)22-18-21-7-14(26-18)5-13-3-4-15(19)16(20)6-13/h3-4,6-7,11-12H,5,8-10H2,1-2H3,(H,21,22,24)/p+1/t11-,12-/m1/s1. The van der Waals surface area contributed by atoms with Gasteiger partial charge in [0.1, 0.15) is 25.3 Å². The molecule has 0 radical (unpaired) electrons. The molecule has 1 aromatic heterocycles. The number of ether oxygens (including phenoxy) is 1. The summed E-state index contributed by atoms with van der Waals surface area (Å²) in [5.41, 5.74) is 1.06. The number of benzene rings is 1. The van der Waals surface area contributed by atoms with Gasteiger partial charge in [-0.1, -0.05) is 29.3 Å². The van der Waals surface area contributed by atoms with Crippen molar-refractivity contribution in [2.75, 3.05) is 25.0 Å².